The summed E-state index contributed by atoms with van der Waals surface area (Å²) in [7, 11) is 0. The van der Waals surface area contributed by atoms with Crippen LogP contribution in [0.2, 0.25) is 0 Å². The molecule has 0 atom stereocenters. The molecule has 1 saturated heterocycles. The molecular weight excluding hydrogens is 659 g/mol. The number of halogens is 15. The Labute approximate surface area is 240 Å². The molecule has 0 spiro atoms. The number of hydrogen-bond donors (Lipinski definition) is 0. The molecule has 0 aromatic rings. The van der Waals surface area contributed by atoms with Gasteiger partial charge in [0, 0.05) is 19.6 Å². The lowest BCUT2D eigenvalue weighted by atomic mass is 9.91. The first kappa shape index (κ1) is 40.7. The smallest absolute Gasteiger partial charge is 0.378 e. The van der Waals surface area contributed by atoms with Gasteiger partial charge in [-0.1, -0.05) is 0 Å². The van der Waals surface area contributed by atoms with Crippen LogP contribution in [0.3, 0.4) is 0 Å². The van der Waals surface area contributed by atoms with E-state index in [-0.39, 0.29) is 65.9 Å². The van der Waals surface area contributed by atoms with Crippen LogP contribution >= 0.6 is 0 Å². The van der Waals surface area contributed by atoms with Crippen LogP contribution in [0.5, 0.6) is 0 Å². The third-order valence-corrected chi connectivity index (χ3v) is 5.82. The summed E-state index contributed by atoms with van der Waals surface area (Å²) in [4.78, 5) is 1.39. The van der Waals surface area contributed by atoms with Crippen molar-refractivity contribution < 1.29 is 94.3 Å². The van der Waals surface area contributed by atoms with E-state index in [1.165, 1.54) is 4.90 Å². The van der Waals surface area contributed by atoms with Crippen LogP contribution in [-0.4, -0.2) is 146 Å². The maximum atomic E-state index is 14.0. The van der Waals surface area contributed by atoms with Gasteiger partial charge in [0.15, 0.2) is 0 Å². The summed E-state index contributed by atoms with van der Waals surface area (Å²) in [5.74, 6) is -46.8. The fraction of sp³-hybridized carbons (Fsp3) is 1.00. The molecule has 1 rings (SSSR count). The lowest BCUT2D eigenvalue weighted by Gasteiger charge is -2.41. The van der Waals surface area contributed by atoms with Crippen molar-refractivity contribution in [1.82, 2.24) is 4.90 Å². The van der Waals surface area contributed by atoms with Crippen molar-refractivity contribution in [1.29, 1.82) is 0 Å². The monoisotopic (exact) mass is 689 g/mol. The molecule has 1 heterocycles. The van der Waals surface area contributed by atoms with Gasteiger partial charge in [-0.2, -0.15) is 65.9 Å². The third kappa shape index (κ3) is 9.84. The van der Waals surface area contributed by atoms with Crippen LogP contribution in [0.4, 0.5) is 65.9 Å². The maximum Gasteiger partial charge on any atom is 0.460 e. The van der Waals surface area contributed by atoms with Crippen molar-refractivity contribution in [2.24, 2.45) is 0 Å². The lowest BCUT2D eigenvalue weighted by Crippen LogP contribution is -2.73. The van der Waals surface area contributed by atoms with Gasteiger partial charge in [0.1, 0.15) is 6.61 Å². The van der Waals surface area contributed by atoms with Gasteiger partial charge in [-0.15, -0.1) is 0 Å². The van der Waals surface area contributed by atoms with Crippen LogP contribution < -0.4 is 0 Å². The van der Waals surface area contributed by atoms with Crippen molar-refractivity contribution >= 4 is 0 Å². The summed E-state index contributed by atoms with van der Waals surface area (Å²) in [6.45, 7) is -2.54. The average Bonchev–Trinajstić information content (AvgIpc) is 2.90. The third-order valence-electron chi connectivity index (χ3n) is 5.82. The minimum atomic E-state index is -8.33. The van der Waals surface area contributed by atoms with Gasteiger partial charge in [0.25, 0.3) is 0 Å². The Kier molecular flexibility index (Phi) is 15.2. The molecule has 1 fully saturated rings. The largest absolute Gasteiger partial charge is 0.460 e. The highest BCUT2D eigenvalue weighted by Crippen LogP contribution is 2.62. The Hall–Kier alpha value is -1.33. The molecule has 1 aliphatic heterocycles. The number of nitrogens with zero attached hydrogens (tertiary/aromatic N) is 1. The van der Waals surface area contributed by atoms with Crippen LogP contribution in [-0.2, 0) is 28.4 Å². The van der Waals surface area contributed by atoms with E-state index in [9.17, 15) is 65.9 Å². The normalized spacial score (nSPS) is 20.2. The van der Waals surface area contributed by atoms with Gasteiger partial charge in [-0.25, -0.2) is 0 Å². The molecule has 0 saturated carbocycles. The minimum Gasteiger partial charge on any atom is -0.378 e. The van der Waals surface area contributed by atoms with E-state index < -0.39 is 61.5 Å². The van der Waals surface area contributed by atoms with Crippen LogP contribution in [0, 0.1) is 0 Å². The predicted molar refractivity (Wildman–Crippen MR) is 117 cm³/mol. The van der Waals surface area contributed by atoms with Crippen molar-refractivity contribution in [3.8, 4) is 0 Å². The first-order chi connectivity index (χ1) is 20.1. The second kappa shape index (κ2) is 16.5. The molecule has 0 aromatic heterocycles. The summed E-state index contributed by atoms with van der Waals surface area (Å²) in [6.07, 6.45) is -7.65. The Bertz CT molecular complexity index is 814. The van der Waals surface area contributed by atoms with Gasteiger partial charge < -0.3 is 28.4 Å². The van der Waals surface area contributed by atoms with Crippen LogP contribution in [0.25, 0.3) is 0 Å². The van der Waals surface area contributed by atoms with Crippen molar-refractivity contribution in [2.45, 2.75) is 41.7 Å². The lowest BCUT2D eigenvalue weighted by molar-refractivity contribution is -0.453. The first-order valence-corrected chi connectivity index (χ1v) is 12.6. The van der Waals surface area contributed by atoms with Gasteiger partial charge in [-0.3, -0.25) is 4.90 Å². The standard InChI is InChI=1S/C22H30F15NO6/c23-16(24,17(25,26)18(27,28)19(29,30)20(31,32)21(33,34)22(35,36)37)15-44-6-3-38-1-4-39-7-9-41-11-13-43-14-12-42-10-8-40-5-2-38/h1-15H2. The zero-order valence-electron chi connectivity index (χ0n) is 22.7. The molecule has 0 unspecified atom stereocenters. The zero-order valence-corrected chi connectivity index (χ0v) is 22.7. The topological polar surface area (TPSA) is 58.6 Å². The van der Waals surface area contributed by atoms with Gasteiger partial charge in [0.05, 0.1) is 72.7 Å². The van der Waals surface area contributed by atoms with E-state index in [1.54, 1.807) is 0 Å². The highest BCUT2D eigenvalue weighted by molar-refractivity contribution is 5.13. The molecular formula is C22H30F15NO6. The molecule has 1 aliphatic rings. The summed E-state index contributed by atoms with van der Waals surface area (Å²) in [6, 6.07) is 0. The summed E-state index contributed by atoms with van der Waals surface area (Å²) < 4.78 is 230. The average molecular weight is 689 g/mol. The molecule has 0 aliphatic carbocycles. The predicted octanol–water partition coefficient (Wildman–Crippen LogP) is 4.78. The molecule has 0 bridgehead atoms. The molecule has 264 valence electrons. The fourth-order valence-electron chi connectivity index (χ4n) is 3.19. The first-order valence-electron chi connectivity index (χ1n) is 12.6. The summed E-state index contributed by atoms with van der Waals surface area (Å²) in [5.41, 5.74) is 0. The molecule has 44 heavy (non-hydrogen) atoms. The second-order valence-corrected chi connectivity index (χ2v) is 9.03. The Morgan fingerprint density at radius 1 is 0.432 bits per heavy atom. The van der Waals surface area contributed by atoms with Gasteiger partial charge in [-0.05, 0) is 0 Å². The van der Waals surface area contributed by atoms with Crippen molar-refractivity contribution in [2.75, 3.05) is 98.9 Å². The number of ether oxygens (including phenoxy) is 6. The van der Waals surface area contributed by atoms with E-state index in [4.69, 9.17) is 23.7 Å². The molecule has 0 amide bonds. The zero-order chi connectivity index (χ0) is 33.9. The Balaban J connectivity index is 2.84. The maximum absolute atomic E-state index is 14.0. The molecule has 0 N–H and O–H groups in total. The van der Waals surface area contributed by atoms with Gasteiger partial charge in [0.2, 0.25) is 0 Å². The van der Waals surface area contributed by atoms with E-state index >= 15 is 0 Å². The van der Waals surface area contributed by atoms with E-state index in [0.717, 1.165) is 0 Å². The highest BCUT2D eigenvalue weighted by atomic mass is 19.4. The van der Waals surface area contributed by atoms with E-state index in [2.05, 4.69) is 4.74 Å². The van der Waals surface area contributed by atoms with E-state index in [0.29, 0.717) is 13.2 Å². The van der Waals surface area contributed by atoms with Crippen molar-refractivity contribution in [3.63, 3.8) is 0 Å². The second-order valence-electron chi connectivity index (χ2n) is 9.03. The Morgan fingerprint density at radius 3 is 1.11 bits per heavy atom. The SMILES string of the molecule is FC(F)(F)C(F)(F)C(F)(F)C(F)(F)C(F)(F)C(F)(F)C(F)(F)COCCN1CCOCCOCCOCCOCCOCC1. The number of alkyl halides is 15. The van der Waals surface area contributed by atoms with Gasteiger partial charge >= 0.3 is 41.7 Å². The molecule has 7 nitrogen and oxygen atoms in total. The van der Waals surface area contributed by atoms with E-state index in [1.807, 2.05) is 0 Å². The van der Waals surface area contributed by atoms with Crippen LogP contribution in [0.15, 0.2) is 0 Å². The molecule has 0 radical (unpaired) electrons. The quantitative estimate of drug-likeness (QED) is 0.242. The summed E-state index contributed by atoms with van der Waals surface area (Å²) in [5, 5.41) is 0. The number of hydrogen-bond acceptors (Lipinski definition) is 7. The molecule has 22 heteroatoms. The summed E-state index contributed by atoms with van der Waals surface area (Å²) >= 11 is 0. The highest BCUT2D eigenvalue weighted by Gasteiger charge is 2.93. The Morgan fingerprint density at radius 2 is 0.750 bits per heavy atom. The molecule has 0 aromatic carbocycles. The van der Waals surface area contributed by atoms with Crippen LogP contribution in [0.1, 0.15) is 0 Å². The minimum absolute atomic E-state index is 0.00468. The fourth-order valence-corrected chi connectivity index (χ4v) is 3.19. The van der Waals surface area contributed by atoms with Crippen molar-refractivity contribution in [3.05, 3.63) is 0 Å². The number of rotatable bonds is 10.